The van der Waals surface area contributed by atoms with Crippen LogP contribution in [0.25, 0.3) is 11.0 Å². The van der Waals surface area contributed by atoms with E-state index in [1.54, 1.807) is 25.1 Å². The van der Waals surface area contributed by atoms with E-state index in [4.69, 9.17) is 0 Å². The second kappa shape index (κ2) is 8.05. The second-order valence-electron chi connectivity index (χ2n) is 7.46. The number of H-pyrrole nitrogens is 1. The first-order valence-electron chi connectivity index (χ1n) is 9.87. The average Bonchev–Trinajstić information content (AvgIpc) is 3.32. The molecule has 2 aromatic carbocycles. The van der Waals surface area contributed by atoms with Gasteiger partial charge in [-0.2, -0.15) is 0 Å². The summed E-state index contributed by atoms with van der Waals surface area (Å²) in [6, 6.07) is 11.3. The van der Waals surface area contributed by atoms with Gasteiger partial charge in [-0.1, -0.05) is 6.07 Å². The summed E-state index contributed by atoms with van der Waals surface area (Å²) in [5.41, 5.74) is 5.50. The van der Waals surface area contributed by atoms with Crippen molar-refractivity contribution in [2.45, 2.75) is 45.1 Å². The summed E-state index contributed by atoms with van der Waals surface area (Å²) in [7, 11) is 0. The molecule has 150 valence electrons. The third-order valence-corrected chi connectivity index (χ3v) is 5.14. The maximum atomic E-state index is 12.2. The van der Waals surface area contributed by atoms with E-state index in [0.29, 0.717) is 17.0 Å². The van der Waals surface area contributed by atoms with Crippen LogP contribution in [-0.2, 0) is 22.4 Å². The first-order valence-corrected chi connectivity index (χ1v) is 9.87. The number of amides is 2. The van der Waals surface area contributed by atoms with Gasteiger partial charge in [-0.05, 0) is 67.6 Å². The topological polar surface area (TPSA) is 107 Å². The van der Waals surface area contributed by atoms with E-state index in [1.165, 1.54) is 11.1 Å². The zero-order valence-corrected chi connectivity index (χ0v) is 16.3. The number of aromatic amines is 1. The fraction of sp³-hybridized carbons (Fsp3) is 0.318. The third-order valence-electron chi connectivity index (χ3n) is 5.14. The molecule has 1 aromatic heterocycles. The van der Waals surface area contributed by atoms with Gasteiger partial charge in [0, 0.05) is 24.2 Å². The van der Waals surface area contributed by atoms with Gasteiger partial charge in [0.05, 0.1) is 11.0 Å². The second-order valence-corrected chi connectivity index (χ2v) is 7.46. The number of fused-ring (bicyclic) bond motifs is 2. The lowest BCUT2D eigenvalue weighted by molar-refractivity contribution is -0.121. The number of hydrogen-bond acceptors (Lipinski definition) is 4. The fourth-order valence-electron chi connectivity index (χ4n) is 3.63. The number of aromatic nitrogens is 2. The number of carbonyl (C=O) groups is 2. The Morgan fingerprint density at radius 2 is 1.69 bits per heavy atom. The van der Waals surface area contributed by atoms with Crippen LogP contribution in [0.5, 0.6) is 0 Å². The standard InChI is InChI=1S/C22H24N4O3/c1-13(27)22-25-18-8-7-17(12-19(18)26-22)24-21(29)10-9-20(28)23-16-6-5-14-3-2-4-15(14)11-16/h5-8,11-13,27H,2-4,9-10H2,1H3,(H,23,28)(H,24,29)(H,25,26). The van der Waals surface area contributed by atoms with Gasteiger partial charge < -0.3 is 20.7 Å². The van der Waals surface area contributed by atoms with Gasteiger partial charge in [0.1, 0.15) is 11.9 Å². The van der Waals surface area contributed by atoms with Gasteiger partial charge >= 0.3 is 0 Å². The largest absolute Gasteiger partial charge is 0.385 e. The molecule has 0 spiro atoms. The highest BCUT2D eigenvalue weighted by Gasteiger charge is 2.13. The van der Waals surface area contributed by atoms with Crippen LogP contribution in [0.2, 0.25) is 0 Å². The summed E-state index contributed by atoms with van der Waals surface area (Å²) in [5, 5.41) is 15.3. The number of nitrogens with one attached hydrogen (secondary N) is 3. The maximum Gasteiger partial charge on any atom is 0.224 e. The Balaban J connectivity index is 1.30. The van der Waals surface area contributed by atoms with E-state index in [2.05, 4.69) is 26.7 Å². The van der Waals surface area contributed by atoms with Gasteiger partial charge in [-0.3, -0.25) is 9.59 Å². The molecule has 1 atom stereocenters. The number of nitrogens with zero attached hydrogens (tertiary/aromatic N) is 1. The summed E-state index contributed by atoms with van der Waals surface area (Å²) in [5.74, 6) is 0.0686. The molecular weight excluding hydrogens is 368 g/mol. The molecule has 0 fully saturated rings. The molecule has 0 bridgehead atoms. The predicted octanol–water partition coefficient (Wildman–Crippen LogP) is 3.46. The van der Waals surface area contributed by atoms with Crippen LogP contribution in [-0.4, -0.2) is 26.9 Å². The van der Waals surface area contributed by atoms with E-state index < -0.39 is 6.10 Å². The van der Waals surface area contributed by atoms with Crippen molar-refractivity contribution in [1.82, 2.24) is 9.97 Å². The molecule has 1 unspecified atom stereocenters. The molecular formula is C22H24N4O3. The number of benzene rings is 2. The molecule has 3 aromatic rings. The van der Waals surface area contributed by atoms with Crippen LogP contribution in [0.15, 0.2) is 36.4 Å². The first-order chi connectivity index (χ1) is 14.0. The van der Waals surface area contributed by atoms with Crippen LogP contribution in [0, 0.1) is 0 Å². The number of carbonyl (C=O) groups excluding carboxylic acids is 2. The third kappa shape index (κ3) is 4.46. The number of aliphatic hydroxyl groups excluding tert-OH is 1. The minimum absolute atomic E-state index is 0.0940. The Morgan fingerprint density at radius 1 is 1.03 bits per heavy atom. The molecule has 7 nitrogen and oxygen atoms in total. The Kier molecular flexibility index (Phi) is 5.31. The van der Waals surface area contributed by atoms with Gasteiger partial charge in [0.25, 0.3) is 0 Å². The van der Waals surface area contributed by atoms with Crippen molar-refractivity contribution in [2.24, 2.45) is 0 Å². The summed E-state index contributed by atoms with van der Waals surface area (Å²) in [6.45, 7) is 1.63. The Bertz CT molecular complexity index is 1070. The Morgan fingerprint density at radius 3 is 2.41 bits per heavy atom. The van der Waals surface area contributed by atoms with Crippen molar-refractivity contribution in [3.8, 4) is 0 Å². The fourth-order valence-corrected chi connectivity index (χ4v) is 3.63. The molecule has 0 aliphatic heterocycles. The van der Waals surface area contributed by atoms with E-state index in [0.717, 1.165) is 30.5 Å². The quantitative estimate of drug-likeness (QED) is 0.515. The number of aryl methyl sites for hydroxylation is 2. The van der Waals surface area contributed by atoms with Crippen LogP contribution in [0.3, 0.4) is 0 Å². The smallest absolute Gasteiger partial charge is 0.224 e. The van der Waals surface area contributed by atoms with Gasteiger partial charge in [0.2, 0.25) is 11.8 Å². The monoisotopic (exact) mass is 392 g/mol. The van der Waals surface area contributed by atoms with E-state index in [-0.39, 0.29) is 24.7 Å². The molecule has 4 N–H and O–H groups in total. The van der Waals surface area contributed by atoms with Crippen molar-refractivity contribution < 1.29 is 14.7 Å². The first kappa shape index (κ1) is 19.1. The van der Waals surface area contributed by atoms with Crippen molar-refractivity contribution in [2.75, 3.05) is 10.6 Å². The number of rotatable bonds is 6. The van der Waals surface area contributed by atoms with Crippen LogP contribution >= 0.6 is 0 Å². The zero-order chi connectivity index (χ0) is 20.4. The number of anilines is 2. The number of aliphatic hydroxyl groups is 1. The average molecular weight is 392 g/mol. The zero-order valence-electron chi connectivity index (χ0n) is 16.3. The van der Waals surface area contributed by atoms with E-state index in [9.17, 15) is 14.7 Å². The minimum Gasteiger partial charge on any atom is -0.385 e. The number of imidazole rings is 1. The lowest BCUT2D eigenvalue weighted by Crippen LogP contribution is -2.17. The van der Waals surface area contributed by atoms with Crippen molar-refractivity contribution in [3.05, 3.63) is 53.3 Å². The van der Waals surface area contributed by atoms with Gasteiger partial charge in [-0.15, -0.1) is 0 Å². The minimum atomic E-state index is -0.690. The van der Waals surface area contributed by atoms with Crippen molar-refractivity contribution in [3.63, 3.8) is 0 Å². The summed E-state index contributed by atoms with van der Waals surface area (Å²) in [4.78, 5) is 31.7. The molecule has 1 aliphatic carbocycles. The molecule has 7 heteroatoms. The maximum absolute atomic E-state index is 12.2. The normalized spacial score (nSPS) is 13.9. The summed E-state index contributed by atoms with van der Waals surface area (Å²) >= 11 is 0. The highest BCUT2D eigenvalue weighted by Crippen LogP contribution is 2.25. The molecule has 1 aliphatic rings. The van der Waals surface area contributed by atoms with Gasteiger partial charge in [0.15, 0.2) is 0 Å². The summed E-state index contributed by atoms with van der Waals surface area (Å²) in [6.07, 6.45) is 2.84. The SMILES string of the molecule is CC(O)c1nc2ccc(NC(=O)CCC(=O)Nc3ccc4c(c3)CCC4)cc2[nH]1. The van der Waals surface area contributed by atoms with Crippen molar-refractivity contribution >= 4 is 34.2 Å². The van der Waals surface area contributed by atoms with E-state index in [1.807, 2.05) is 12.1 Å². The lowest BCUT2D eigenvalue weighted by atomic mass is 10.1. The Hall–Kier alpha value is -3.19. The summed E-state index contributed by atoms with van der Waals surface area (Å²) < 4.78 is 0. The Labute approximate surface area is 168 Å². The molecule has 1 heterocycles. The van der Waals surface area contributed by atoms with Crippen LogP contribution in [0.1, 0.15) is 49.2 Å². The number of hydrogen-bond donors (Lipinski definition) is 4. The van der Waals surface area contributed by atoms with Crippen molar-refractivity contribution in [1.29, 1.82) is 0 Å². The highest BCUT2D eigenvalue weighted by atomic mass is 16.3. The molecule has 29 heavy (non-hydrogen) atoms. The molecule has 2 amide bonds. The molecule has 0 saturated heterocycles. The highest BCUT2D eigenvalue weighted by molar-refractivity contribution is 5.97. The molecule has 0 saturated carbocycles. The van der Waals surface area contributed by atoms with Crippen LogP contribution < -0.4 is 10.6 Å². The lowest BCUT2D eigenvalue weighted by Gasteiger charge is -2.08. The van der Waals surface area contributed by atoms with Gasteiger partial charge in [-0.25, -0.2) is 4.98 Å². The van der Waals surface area contributed by atoms with E-state index >= 15 is 0 Å². The predicted molar refractivity (Wildman–Crippen MR) is 112 cm³/mol. The molecule has 4 rings (SSSR count). The van der Waals surface area contributed by atoms with Crippen LogP contribution in [0.4, 0.5) is 11.4 Å². The molecule has 0 radical (unpaired) electrons.